The number of halogens is 2. The first kappa shape index (κ1) is 26.7. The van der Waals surface area contributed by atoms with E-state index in [0.717, 1.165) is 49.2 Å². The number of aromatic nitrogens is 1. The minimum atomic E-state index is -3.45. The third-order valence-electron chi connectivity index (χ3n) is 7.61. The topological polar surface area (TPSA) is 112 Å². The van der Waals surface area contributed by atoms with Crippen LogP contribution in [0.1, 0.15) is 30.4 Å². The molecule has 1 aromatic carbocycles. The van der Waals surface area contributed by atoms with Crippen molar-refractivity contribution in [2.75, 3.05) is 41.8 Å². The third-order valence-corrected chi connectivity index (χ3v) is 9.87. The van der Waals surface area contributed by atoms with Crippen LogP contribution in [0.15, 0.2) is 30.3 Å². The molecule has 2 aromatic rings. The Morgan fingerprint density at radius 2 is 1.92 bits per heavy atom. The van der Waals surface area contributed by atoms with Gasteiger partial charge in [0.25, 0.3) is 5.92 Å². The van der Waals surface area contributed by atoms with Crippen molar-refractivity contribution in [3.63, 3.8) is 0 Å². The molecule has 4 N–H and O–H groups in total. The molecular formula is C24H33F2N5O4S2. The number of nitrogens with zero attached hydrogens (tertiary/aromatic N) is 4. The van der Waals surface area contributed by atoms with E-state index < -0.39 is 34.1 Å². The van der Waals surface area contributed by atoms with E-state index in [1.165, 1.54) is 15.7 Å². The summed E-state index contributed by atoms with van der Waals surface area (Å²) >= 11 is -1.97. The van der Waals surface area contributed by atoms with Crippen LogP contribution in [-0.2, 0) is 17.8 Å². The predicted molar refractivity (Wildman–Crippen MR) is 143 cm³/mol. The van der Waals surface area contributed by atoms with Crippen LogP contribution >= 0.6 is 11.0 Å². The molecule has 3 heterocycles. The van der Waals surface area contributed by atoms with Gasteiger partial charge in [0.05, 0.1) is 5.69 Å². The number of alkyl halides is 2. The molecule has 2 aliphatic heterocycles. The zero-order valence-corrected chi connectivity index (χ0v) is 22.4. The summed E-state index contributed by atoms with van der Waals surface area (Å²) in [5.74, 6) is -2.90. The molecule has 3 aliphatic rings. The number of pyridine rings is 1. The Morgan fingerprint density at radius 3 is 2.57 bits per heavy atom. The standard InChI is InChI=1S/C24H33F2N5O4S2/c1-16-3-4-18(14-30-9-7-17(8-10-30)13-27-36(32)33)11-20(16)21-5-6-22-23(28-21)29(2)37(34,35)31(22)15-19-12-24(19,25)26/h3-6,11,17,19,27,34-35H,7-10,12-15H2,1-2H3,(H,32,33). The number of hydrogen-bond donors (Lipinski definition) is 4. The molecule has 5 rings (SSSR count). The second-order valence-electron chi connectivity index (χ2n) is 10.2. The number of nitrogens with one attached hydrogen (secondary N) is 1. The maximum Gasteiger partial charge on any atom is 0.253 e. The number of aryl methyl sites for hydroxylation is 1. The van der Waals surface area contributed by atoms with Gasteiger partial charge in [-0.3, -0.25) is 18.6 Å². The fourth-order valence-electron chi connectivity index (χ4n) is 5.12. The summed E-state index contributed by atoms with van der Waals surface area (Å²) in [6, 6.07) is 9.78. The van der Waals surface area contributed by atoms with Gasteiger partial charge in [0.2, 0.25) is 11.3 Å². The molecule has 13 heteroatoms. The molecule has 2 fully saturated rings. The van der Waals surface area contributed by atoms with Gasteiger partial charge < -0.3 is 0 Å². The third kappa shape index (κ3) is 5.49. The molecule has 37 heavy (non-hydrogen) atoms. The van der Waals surface area contributed by atoms with E-state index in [1.807, 2.05) is 13.0 Å². The molecule has 0 spiro atoms. The molecule has 1 saturated heterocycles. The van der Waals surface area contributed by atoms with Gasteiger partial charge in [-0.1, -0.05) is 12.1 Å². The Bertz CT molecular complexity index is 1200. The van der Waals surface area contributed by atoms with Crippen LogP contribution in [0.2, 0.25) is 0 Å². The fourth-order valence-corrected chi connectivity index (χ4v) is 6.95. The van der Waals surface area contributed by atoms with Crippen LogP contribution in [0.25, 0.3) is 11.3 Å². The van der Waals surface area contributed by atoms with Crippen molar-refractivity contribution in [1.82, 2.24) is 14.6 Å². The van der Waals surface area contributed by atoms with E-state index in [4.69, 9.17) is 9.54 Å². The Balaban J connectivity index is 1.31. The van der Waals surface area contributed by atoms with Crippen molar-refractivity contribution in [1.29, 1.82) is 0 Å². The molecule has 204 valence electrons. The van der Waals surface area contributed by atoms with Gasteiger partial charge in [0.1, 0.15) is 5.69 Å². The van der Waals surface area contributed by atoms with Gasteiger partial charge in [-0.15, -0.1) is 0 Å². The summed E-state index contributed by atoms with van der Waals surface area (Å²) in [4.78, 5) is 7.11. The molecule has 0 bridgehead atoms. The lowest BCUT2D eigenvalue weighted by molar-refractivity contribution is 0.101. The first-order valence-corrected chi connectivity index (χ1v) is 14.9. The number of rotatable bonds is 8. The van der Waals surface area contributed by atoms with E-state index in [0.29, 0.717) is 29.7 Å². The van der Waals surface area contributed by atoms with E-state index in [9.17, 15) is 22.1 Å². The largest absolute Gasteiger partial charge is 0.299 e. The average Bonchev–Trinajstić information content (AvgIpc) is 3.42. The average molecular weight is 558 g/mol. The van der Waals surface area contributed by atoms with Crippen LogP contribution in [0.3, 0.4) is 0 Å². The van der Waals surface area contributed by atoms with Crippen LogP contribution in [-0.4, -0.2) is 66.9 Å². The number of hydrogen-bond acceptors (Lipinski definition) is 7. The number of benzene rings is 1. The summed E-state index contributed by atoms with van der Waals surface area (Å²) in [6.45, 7) is 4.99. The van der Waals surface area contributed by atoms with E-state index in [2.05, 4.69) is 21.8 Å². The quantitative estimate of drug-likeness (QED) is 0.352. The Hall–Kier alpha value is -1.87. The van der Waals surface area contributed by atoms with E-state index in [1.54, 1.807) is 12.1 Å². The smallest absolute Gasteiger partial charge is 0.253 e. The lowest BCUT2D eigenvalue weighted by atomic mass is 9.96. The molecule has 1 aliphatic carbocycles. The number of likely N-dealkylation sites (tertiary alicyclic amines) is 1. The van der Waals surface area contributed by atoms with E-state index in [-0.39, 0.29) is 13.0 Å². The first-order chi connectivity index (χ1) is 17.5. The van der Waals surface area contributed by atoms with Gasteiger partial charge in [0, 0.05) is 44.6 Å². The van der Waals surface area contributed by atoms with Gasteiger partial charge in [0.15, 0.2) is 5.82 Å². The highest BCUT2D eigenvalue weighted by Gasteiger charge is 2.59. The number of piperidine rings is 1. The summed E-state index contributed by atoms with van der Waals surface area (Å²) in [5, 5.41) is 0. The van der Waals surface area contributed by atoms with Crippen molar-refractivity contribution >= 4 is 33.7 Å². The van der Waals surface area contributed by atoms with Crippen LogP contribution < -0.4 is 13.3 Å². The Morgan fingerprint density at radius 1 is 1.22 bits per heavy atom. The minimum absolute atomic E-state index is 0.132. The van der Waals surface area contributed by atoms with Crippen molar-refractivity contribution in [2.45, 2.75) is 38.7 Å². The van der Waals surface area contributed by atoms with Crippen molar-refractivity contribution in [3.05, 3.63) is 41.5 Å². The molecule has 1 saturated carbocycles. The molecule has 2 atom stereocenters. The van der Waals surface area contributed by atoms with E-state index >= 15 is 0 Å². The highest BCUT2D eigenvalue weighted by molar-refractivity contribution is 8.26. The summed E-state index contributed by atoms with van der Waals surface area (Å²) < 4.78 is 73.6. The highest BCUT2D eigenvalue weighted by Crippen LogP contribution is 2.62. The highest BCUT2D eigenvalue weighted by atomic mass is 32.3. The molecule has 9 nitrogen and oxygen atoms in total. The zero-order valence-electron chi connectivity index (χ0n) is 20.8. The van der Waals surface area contributed by atoms with Crippen molar-refractivity contribution in [2.24, 2.45) is 11.8 Å². The van der Waals surface area contributed by atoms with Crippen molar-refractivity contribution < 1.29 is 26.6 Å². The normalized spacial score (nSPS) is 24.7. The van der Waals surface area contributed by atoms with Crippen molar-refractivity contribution in [3.8, 4) is 11.3 Å². The predicted octanol–water partition coefficient (Wildman–Crippen LogP) is 4.49. The second-order valence-corrected chi connectivity index (χ2v) is 13.0. The molecule has 2 unspecified atom stereocenters. The fraction of sp³-hybridized carbons (Fsp3) is 0.542. The minimum Gasteiger partial charge on any atom is -0.299 e. The second kappa shape index (κ2) is 10.0. The number of anilines is 2. The monoisotopic (exact) mass is 557 g/mol. The summed E-state index contributed by atoms with van der Waals surface area (Å²) in [7, 11) is -1.93. The van der Waals surface area contributed by atoms with Crippen LogP contribution in [0.4, 0.5) is 20.3 Å². The number of fused-ring (bicyclic) bond motifs is 1. The molecule has 1 aromatic heterocycles. The summed E-state index contributed by atoms with van der Waals surface area (Å²) in [5.41, 5.74) is 4.22. The Labute approximate surface area is 219 Å². The molecule has 0 radical (unpaired) electrons. The Kier molecular flexibility index (Phi) is 7.24. The van der Waals surface area contributed by atoms with Gasteiger partial charge >= 0.3 is 0 Å². The maximum atomic E-state index is 13.6. The zero-order chi connectivity index (χ0) is 26.5. The molecular weight excluding hydrogens is 524 g/mol. The maximum absolute atomic E-state index is 13.6. The first-order valence-electron chi connectivity index (χ1n) is 12.3. The SMILES string of the molecule is Cc1ccc(CN2CCC(CNS(=O)O)CC2)cc1-c1ccc2c(n1)N(C)S(O)(O)N2CC1CC1(F)F. The van der Waals surface area contributed by atoms with Gasteiger partial charge in [-0.05, 0) is 79.1 Å². The molecule has 0 amide bonds. The lowest BCUT2D eigenvalue weighted by Crippen LogP contribution is -2.37. The lowest BCUT2D eigenvalue weighted by Gasteiger charge is -2.41. The van der Waals surface area contributed by atoms with Gasteiger partial charge in [-0.25, -0.2) is 31.3 Å². The van der Waals surface area contributed by atoms with Crippen LogP contribution in [0, 0.1) is 18.8 Å². The van der Waals surface area contributed by atoms with Gasteiger partial charge in [-0.2, -0.15) is 0 Å². The van der Waals surface area contributed by atoms with Crippen LogP contribution in [0.5, 0.6) is 0 Å². The summed E-state index contributed by atoms with van der Waals surface area (Å²) in [6.07, 6.45) is 1.67.